The summed E-state index contributed by atoms with van der Waals surface area (Å²) in [7, 11) is 0. The molecule has 0 radical (unpaired) electrons. The van der Waals surface area contributed by atoms with Crippen LogP contribution in [0.4, 0.5) is 0 Å². The Morgan fingerprint density at radius 3 is 2.84 bits per heavy atom. The molecular weight excluding hydrogens is 242 g/mol. The van der Waals surface area contributed by atoms with Gasteiger partial charge in [0.25, 0.3) is 5.91 Å². The summed E-state index contributed by atoms with van der Waals surface area (Å²) in [5.74, 6) is -0.183. The van der Waals surface area contributed by atoms with Gasteiger partial charge in [-0.2, -0.15) is 0 Å². The number of aryl methyl sites for hydroxylation is 1. The van der Waals surface area contributed by atoms with Crippen LogP contribution in [0.3, 0.4) is 0 Å². The number of aliphatic hydroxyl groups excluding tert-OH is 1. The van der Waals surface area contributed by atoms with Crippen LogP contribution in [0.15, 0.2) is 18.2 Å². The standard InChI is InChI=1S/C15H21NO3/c1-10-6-7-14(18)12(9-10)15(19)16-8-4-3-5-13(16)11(2)17/h6-7,9,11,13,17-18H,3-5,8H2,1-2H3. The first-order chi connectivity index (χ1) is 9.00. The number of rotatable bonds is 2. The van der Waals surface area contributed by atoms with Crippen molar-refractivity contribution >= 4 is 5.91 Å². The molecule has 1 aromatic rings. The molecule has 0 aliphatic carbocycles. The van der Waals surface area contributed by atoms with E-state index in [9.17, 15) is 15.0 Å². The molecule has 1 heterocycles. The van der Waals surface area contributed by atoms with Crippen molar-refractivity contribution in [2.75, 3.05) is 6.54 Å². The third kappa shape index (κ3) is 2.89. The molecule has 2 rings (SSSR count). The molecule has 1 aromatic carbocycles. The average Bonchev–Trinajstić information content (AvgIpc) is 2.40. The number of hydrogen-bond acceptors (Lipinski definition) is 3. The number of aliphatic hydroxyl groups is 1. The van der Waals surface area contributed by atoms with Gasteiger partial charge < -0.3 is 15.1 Å². The topological polar surface area (TPSA) is 60.8 Å². The number of likely N-dealkylation sites (tertiary alicyclic amines) is 1. The van der Waals surface area contributed by atoms with Gasteiger partial charge in [0.2, 0.25) is 0 Å². The van der Waals surface area contributed by atoms with Crippen LogP contribution < -0.4 is 0 Å². The van der Waals surface area contributed by atoms with Crippen LogP contribution in [-0.4, -0.2) is 39.7 Å². The summed E-state index contributed by atoms with van der Waals surface area (Å²) >= 11 is 0. The lowest BCUT2D eigenvalue weighted by Gasteiger charge is -2.37. The van der Waals surface area contributed by atoms with Gasteiger partial charge in [0.1, 0.15) is 5.75 Å². The van der Waals surface area contributed by atoms with Crippen LogP contribution in [-0.2, 0) is 0 Å². The molecule has 1 fully saturated rings. The number of hydrogen-bond donors (Lipinski definition) is 2. The molecule has 0 saturated carbocycles. The highest BCUT2D eigenvalue weighted by molar-refractivity contribution is 5.97. The second kappa shape index (κ2) is 5.61. The Morgan fingerprint density at radius 1 is 1.42 bits per heavy atom. The SMILES string of the molecule is Cc1ccc(O)c(C(=O)N2CCCCC2C(C)O)c1. The Kier molecular flexibility index (Phi) is 4.10. The third-order valence-electron chi connectivity index (χ3n) is 3.75. The highest BCUT2D eigenvalue weighted by Gasteiger charge is 2.31. The van der Waals surface area contributed by atoms with E-state index in [0.717, 1.165) is 24.8 Å². The molecule has 2 atom stereocenters. The molecule has 0 spiro atoms. The summed E-state index contributed by atoms with van der Waals surface area (Å²) in [5, 5.41) is 19.7. The monoisotopic (exact) mass is 263 g/mol. The minimum Gasteiger partial charge on any atom is -0.507 e. The normalized spacial score (nSPS) is 21.2. The van der Waals surface area contributed by atoms with Crippen molar-refractivity contribution in [2.24, 2.45) is 0 Å². The average molecular weight is 263 g/mol. The largest absolute Gasteiger partial charge is 0.507 e. The number of nitrogens with zero attached hydrogens (tertiary/aromatic N) is 1. The zero-order chi connectivity index (χ0) is 14.0. The second-order valence-corrected chi connectivity index (χ2v) is 5.32. The van der Waals surface area contributed by atoms with Crippen LogP contribution in [0.1, 0.15) is 42.1 Å². The first kappa shape index (κ1) is 13.9. The van der Waals surface area contributed by atoms with Gasteiger partial charge in [0.05, 0.1) is 17.7 Å². The van der Waals surface area contributed by atoms with Gasteiger partial charge in [-0.3, -0.25) is 4.79 Å². The summed E-state index contributed by atoms with van der Waals surface area (Å²) in [6.45, 7) is 4.24. The van der Waals surface area contributed by atoms with E-state index in [4.69, 9.17) is 0 Å². The summed E-state index contributed by atoms with van der Waals surface area (Å²) in [6, 6.07) is 4.87. The van der Waals surface area contributed by atoms with Gasteiger partial charge in [-0.05, 0) is 45.2 Å². The lowest BCUT2D eigenvalue weighted by Crippen LogP contribution is -2.48. The minimum atomic E-state index is -0.545. The summed E-state index contributed by atoms with van der Waals surface area (Å²) in [6.07, 6.45) is 2.24. The Balaban J connectivity index is 2.28. The highest BCUT2D eigenvalue weighted by atomic mass is 16.3. The van der Waals surface area contributed by atoms with Crippen molar-refractivity contribution in [3.8, 4) is 5.75 Å². The van der Waals surface area contributed by atoms with E-state index in [2.05, 4.69) is 0 Å². The van der Waals surface area contributed by atoms with Gasteiger partial charge >= 0.3 is 0 Å². The quantitative estimate of drug-likeness (QED) is 0.858. The fourth-order valence-electron chi connectivity index (χ4n) is 2.69. The first-order valence-corrected chi connectivity index (χ1v) is 6.79. The summed E-state index contributed by atoms with van der Waals surface area (Å²) in [4.78, 5) is 14.2. The predicted molar refractivity (Wildman–Crippen MR) is 73.2 cm³/mol. The van der Waals surface area contributed by atoms with Gasteiger partial charge in [-0.15, -0.1) is 0 Å². The van der Waals surface area contributed by atoms with E-state index >= 15 is 0 Å². The molecule has 1 aliphatic heterocycles. The molecule has 4 nitrogen and oxygen atoms in total. The Hall–Kier alpha value is -1.55. The zero-order valence-corrected chi connectivity index (χ0v) is 11.5. The Bertz CT molecular complexity index is 470. The van der Waals surface area contributed by atoms with Gasteiger partial charge in [0.15, 0.2) is 0 Å². The number of piperidine rings is 1. The second-order valence-electron chi connectivity index (χ2n) is 5.32. The van der Waals surface area contributed by atoms with E-state index in [0.29, 0.717) is 12.1 Å². The van der Waals surface area contributed by atoms with Gasteiger partial charge in [0, 0.05) is 6.54 Å². The van der Waals surface area contributed by atoms with Crippen molar-refractivity contribution in [3.05, 3.63) is 29.3 Å². The van der Waals surface area contributed by atoms with E-state index in [1.807, 2.05) is 6.92 Å². The molecule has 0 bridgehead atoms. The summed E-state index contributed by atoms with van der Waals surface area (Å²) in [5.41, 5.74) is 1.26. The van der Waals surface area contributed by atoms with Crippen LogP contribution in [0.5, 0.6) is 5.75 Å². The molecular formula is C15H21NO3. The van der Waals surface area contributed by atoms with Crippen molar-refractivity contribution in [1.29, 1.82) is 0 Å². The maximum Gasteiger partial charge on any atom is 0.257 e. The molecule has 0 aromatic heterocycles. The van der Waals surface area contributed by atoms with Crippen molar-refractivity contribution < 1.29 is 15.0 Å². The maximum absolute atomic E-state index is 12.5. The molecule has 1 saturated heterocycles. The number of phenolic OH excluding ortho intramolecular Hbond substituents is 1. The number of aromatic hydroxyl groups is 1. The number of benzene rings is 1. The van der Waals surface area contributed by atoms with E-state index in [1.165, 1.54) is 0 Å². The van der Waals surface area contributed by atoms with Crippen molar-refractivity contribution in [1.82, 2.24) is 4.90 Å². The maximum atomic E-state index is 12.5. The number of carbonyl (C=O) groups is 1. The number of phenols is 1. The van der Waals surface area contributed by atoms with Crippen LogP contribution in [0.2, 0.25) is 0 Å². The van der Waals surface area contributed by atoms with Gasteiger partial charge in [-0.1, -0.05) is 11.6 Å². The fraction of sp³-hybridized carbons (Fsp3) is 0.533. The molecule has 2 N–H and O–H groups in total. The number of amides is 1. The van der Waals surface area contributed by atoms with Gasteiger partial charge in [-0.25, -0.2) is 0 Å². The minimum absolute atomic E-state index is 0.00511. The number of carbonyl (C=O) groups excluding carboxylic acids is 1. The van der Waals surface area contributed by atoms with E-state index < -0.39 is 6.10 Å². The summed E-state index contributed by atoms with van der Waals surface area (Å²) < 4.78 is 0. The Labute approximate surface area is 113 Å². The third-order valence-corrected chi connectivity index (χ3v) is 3.75. The smallest absolute Gasteiger partial charge is 0.257 e. The van der Waals surface area contributed by atoms with Crippen LogP contribution >= 0.6 is 0 Å². The molecule has 2 unspecified atom stereocenters. The van der Waals surface area contributed by atoms with Crippen LogP contribution in [0, 0.1) is 6.92 Å². The molecule has 1 amide bonds. The lowest BCUT2D eigenvalue weighted by molar-refractivity contribution is 0.0278. The molecule has 4 heteroatoms. The van der Waals surface area contributed by atoms with Crippen molar-refractivity contribution in [2.45, 2.75) is 45.3 Å². The Morgan fingerprint density at radius 2 is 2.16 bits per heavy atom. The first-order valence-electron chi connectivity index (χ1n) is 6.79. The van der Waals surface area contributed by atoms with E-state index in [1.54, 1.807) is 30.0 Å². The highest BCUT2D eigenvalue weighted by Crippen LogP contribution is 2.26. The lowest BCUT2D eigenvalue weighted by atomic mass is 9.96. The molecule has 1 aliphatic rings. The fourth-order valence-corrected chi connectivity index (χ4v) is 2.69. The molecule has 104 valence electrons. The van der Waals surface area contributed by atoms with E-state index in [-0.39, 0.29) is 17.7 Å². The molecule has 19 heavy (non-hydrogen) atoms. The predicted octanol–water partition coefficient (Wildman–Crippen LogP) is 2.08. The zero-order valence-electron chi connectivity index (χ0n) is 11.5. The van der Waals surface area contributed by atoms with Crippen molar-refractivity contribution in [3.63, 3.8) is 0 Å². The van der Waals surface area contributed by atoms with Crippen LogP contribution in [0.25, 0.3) is 0 Å².